The van der Waals surface area contributed by atoms with E-state index in [4.69, 9.17) is 21.1 Å². The average molecular weight is 897 g/mol. The van der Waals surface area contributed by atoms with E-state index < -0.39 is 47.0 Å². The van der Waals surface area contributed by atoms with Gasteiger partial charge in [-0.2, -0.15) is 4.68 Å². The molecule has 336 valence electrons. The summed E-state index contributed by atoms with van der Waals surface area (Å²) >= 11 is 6.35. The van der Waals surface area contributed by atoms with E-state index in [1.165, 1.54) is 32.9 Å². The van der Waals surface area contributed by atoms with Crippen LogP contribution in [0, 0.1) is 0 Å². The first-order chi connectivity index (χ1) is 30.3. The van der Waals surface area contributed by atoms with Gasteiger partial charge in [-0.05, 0) is 125 Å². The summed E-state index contributed by atoms with van der Waals surface area (Å²) in [6.07, 6.45) is 2.00. The van der Waals surface area contributed by atoms with Crippen LogP contribution in [0.25, 0.3) is 16.6 Å². The highest BCUT2D eigenvalue weighted by molar-refractivity contribution is 6.41. The number of halogens is 1. The molecule has 2 saturated heterocycles. The van der Waals surface area contributed by atoms with Crippen LogP contribution in [0.4, 0.5) is 26.7 Å². The molecule has 4 heterocycles. The molecule has 2 fully saturated rings. The number of nitrogens with one attached hydrogen (secondary N) is 2. The number of benzene rings is 3. The summed E-state index contributed by atoms with van der Waals surface area (Å²) in [6.45, 7) is 10.5. The number of esters is 1. The molecule has 5 amide bonds. The fourth-order valence-electron chi connectivity index (χ4n) is 7.64. The Bertz CT molecular complexity index is 2600. The number of carbonyl (C=O) groups is 6. The van der Waals surface area contributed by atoms with E-state index >= 15 is 0 Å². The Balaban J connectivity index is 1.19. The van der Waals surface area contributed by atoms with Crippen LogP contribution in [-0.2, 0) is 30.3 Å². The van der Waals surface area contributed by atoms with Crippen LogP contribution >= 0.6 is 11.6 Å². The first kappa shape index (κ1) is 45.2. The molecule has 2 aromatic heterocycles. The number of aliphatic hydroxyl groups is 1. The first-order valence-corrected chi connectivity index (χ1v) is 21.0. The SMILES string of the molecule is CC(C)(C)OC(=O)c1cc2cc(NC(=O)[C@H](Cc3ccc(NC(=O)N4CCC[C@@H]4CO)cc3)N3CCN(c4cc(Cl)ccc4-n4cnnn4)C(=O)C3=O)ccc2n1C(=O)OC(C)(C)C. The number of amides is 5. The molecule has 5 aromatic rings. The van der Waals surface area contributed by atoms with Gasteiger partial charge in [0, 0.05) is 47.8 Å². The lowest BCUT2D eigenvalue weighted by Gasteiger charge is -2.38. The van der Waals surface area contributed by atoms with Crippen molar-refractivity contribution in [1.29, 1.82) is 0 Å². The number of ether oxygens (including phenoxy) is 2. The normalized spacial score (nSPS) is 16.2. The van der Waals surface area contributed by atoms with Gasteiger partial charge >= 0.3 is 29.9 Å². The summed E-state index contributed by atoms with van der Waals surface area (Å²) < 4.78 is 13.7. The quantitative estimate of drug-likeness (QED) is 0.118. The van der Waals surface area contributed by atoms with Crippen molar-refractivity contribution in [3.63, 3.8) is 0 Å². The Morgan fingerprint density at radius 1 is 0.844 bits per heavy atom. The van der Waals surface area contributed by atoms with Crippen molar-refractivity contribution < 1.29 is 43.3 Å². The molecule has 0 unspecified atom stereocenters. The Hall–Kier alpha value is -6.86. The summed E-state index contributed by atoms with van der Waals surface area (Å²) in [6, 6.07) is 15.8. The van der Waals surface area contributed by atoms with Gasteiger partial charge in [-0.15, -0.1) is 5.10 Å². The van der Waals surface area contributed by atoms with E-state index in [2.05, 4.69) is 26.2 Å². The molecule has 7 rings (SSSR count). The zero-order valence-electron chi connectivity index (χ0n) is 36.2. The van der Waals surface area contributed by atoms with Gasteiger partial charge in [0.15, 0.2) is 0 Å². The van der Waals surface area contributed by atoms with E-state index in [0.717, 1.165) is 11.0 Å². The Morgan fingerprint density at radius 2 is 1.56 bits per heavy atom. The lowest BCUT2D eigenvalue weighted by Crippen LogP contribution is -2.60. The van der Waals surface area contributed by atoms with Crippen LogP contribution in [0.2, 0.25) is 5.02 Å². The number of piperazine rings is 1. The van der Waals surface area contributed by atoms with Crippen molar-refractivity contribution in [2.24, 2.45) is 0 Å². The first-order valence-electron chi connectivity index (χ1n) is 20.7. The highest BCUT2D eigenvalue weighted by Gasteiger charge is 2.41. The van der Waals surface area contributed by atoms with Gasteiger partial charge in [0.2, 0.25) is 5.91 Å². The minimum atomic E-state index is -1.23. The van der Waals surface area contributed by atoms with E-state index in [9.17, 15) is 33.9 Å². The van der Waals surface area contributed by atoms with Gasteiger partial charge in [0.1, 0.15) is 29.3 Å². The Morgan fingerprint density at radius 3 is 2.23 bits per heavy atom. The van der Waals surface area contributed by atoms with Crippen LogP contribution in [0.1, 0.15) is 70.4 Å². The summed E-state index contributed by atoms with van der Waals surface area (Å²) in [4.78, 5) is 86.7. The van der Waals surface area contributed by atoms with Gasteiger partial charge in [-0.25, -0.2) is 19.0 Å². The van der Waals surface area contributed by atoms with E-state index in [1.807, 2.05) is 0 Å². The maximum Gasteiger partial charge on any atom is 0.419 e. The molecule has 2 aliphatic rings. The second-order valence-corrected chi connectivity index (χ2v) is 17.9. The number of hydrogen-bond acceptors (Lipinski definition) is 12. The minimum Gasteiger partial charge on any atom is -0.455 e. The van der Waals surface area contributed by atoms with Crippen molar-refractivity contribution >= 4 is 75.4 Å². The van der Waals surface area contributed by atoms with Gasteiger partial charge in [-0.3, -0.25) is 14.4 Å². The molecule has 3 aromatic carbocycles. The van der Waals surface area contributed by atoms with Crippen LogP contribution in [0.3, 0.4) is 0 Å². The number of fused-ring (bicyclic) bond motifs is 1. The fraction of sp³-hybridized carbons (Fsp3) is 0.386. The maximum absolute atomic E-state index is 14.5. The number of aromatic nitrogens is 5. The third-order valence-electron chi connectivity index (χ3n) is 10.5. The molecule has 2 aliphatic heterocycles. The molecule has 0 spiro atoms. The molecule has 0 saturated carbocycles. The molecule has 2 atom stereocenters. The lowest BCUT2D eigenvalue weighted by atomic mass is 10.0. The van der Waals surface area contributed by atoms with Crippen molar-refractivity contribution in [2.45, 2.75) is 84.1 Å². The van der Waals surface area contributed by atoms with Crippen LogP contribution < -0.4 is 15.5 Å². The third-order valence-corrected chi connectivity index (χ3v) is 10.7. The summed E-state index contributed by atoms with van der Waals surface area (Å²) in [7, 11) is 0. The van der Waals surface area contributed by atoms with E-state index in [1.54, 1.807) is 101 Å². The number of rotatable bonds is 10. The van der Waals surface area contributed by atoms with Gasteiger partial charge in [0.05, 0.1) is 29.5 Å². The van der Waals surface area contributed by atoms with Crippen LogP contribution in [0.5, 0.6) is 0 Å². The van der Waals surface area contributed by atoms with Crippen molar-refractivity contribution in [3.05, 3.63) is 89.3 Å². The number of likely N-dealkylation sites (tertiary alicyclic amines) is 1. The molecule has 64 heavy (non-hydrogen) atoms. The molecular formula is C44H49ClN10O9. The molecule has 20 heteroatoms. The van der Waals surface area contributed by atoms with Crippen molar-refractivity contribution in [2.75, 3.05) is 41.8 Å². The number of aliphatic hydroxyl groups excluding tert-OH is 1. The molecular weight excluding hydrogens is 848 g/mol. The summed E-state index contributed by atoms with van der Waals surface area (Å²) in [5.41, 5.74) is 0.508. The molecule has 0 bridgehead atoms. The predicted octanol–water partition coefficient (Wildman–Crippen LogP) is 5.42. The molecule has 0 radical (unpaired) electrons. The molecule has 19 nitrogen and oxygen atoms in total. The Kier molecular flexibility index (Phi) is 12.8. The van der Waals surface area contributed by atoms with Crippen LogP contribution in [-0.4, -0.2) is 125 Å². The number of tetrazole rings is 1. The monoisotopic (exact) mass is 896 g/mol. The van der Waals surface area contributed by atoms with Gasteiger partial charge in [-0.1, -0.05) is 23.7 Å². The van der Waals surface area contributed by atoms with Crippen LogP contribution in [0.15, 0.2) is 73.1 Å². The van der Waals surface area contributed by atoms with E-state index in [0.29, 0.717) is 45.8 Å². The second kappa shape index (κ2) is 18.1. The maximum atomic E-state index is 14.5. The largest absolute Gasteiger partial charge is 0.455 e. The number of nitrogens with zero attached hydrogens (tertiary/aromatic N) is 8. The summed E-state index contributed by atoms with van der Waals surface area (Å²) in [5, 5.41) is 27.4. The standard InChI is InChI=1S/C44H49ClN10O9/c1-43(2,3)63-40(60)36-22-27-21-30(14-16-32(27)55(36)42(62)64-44(4,5)6)47-37(57)35(20-26-9-12-29(13-10-26)48-41(61)51-17-7-8-31(51)24-56)53-19-18-52(38(58)39(53)59)34-23-28(45)11-15-33(34)54-25-46-49-50-54/h9-16,21-23,25,31,35,56H,7-8,17-20,24H2,1-6H3,(H,47,57)(H,48,61)/t31-,35+/m1/s1. The minimum absolute atomic E-state index is 0.0162. The number of hydrogen-bond donors (Lipinski definition) is 3. The number of carbonyl (C=O) groups excluding carboxylic acids is 6. The van der Waals surface area contributed by atoms with Crippen molar-refractivity contribution in [3.8, 4) is 5.69 Å². The number of urea groups is 1. The third kappa shape index (κ3) is 10.00. The van der Waals surface area contributed by atoms with Gasteiger partial charge < -0.3 is 39.9 Å². The van der Waals surface area contributed by atoms with Crippen molar-refractivity contribution in [1.82, 2.24) is 34.6 Å². The second-order valence-electron chi connectivity index (χ2n) is 17.5. The highest BCUT2D eigenvalue weighted by Crippen LogP contribution is 2.31. The Labute approximate surface area is 373 Å². The van der Waals surface area contributed by atoms with Gasteiger partial charge in [0.25, 0.3) is 0 Å². The predicted molar refractivity (Wildman–Crippen MR) is 235 cm³/mol. The average Bonchev–Trinajstić information content (AvgIpc) is 4.01. The molecule has 3 N–H and O–H groups in total. The summed E-state index contributed by atoms with van der Waals surface area (Å²) in [5.74, 6) is -3.26. The highest BCUT2D eigenvalue weighted by atomic mass is 35.5. The topological polar surface area (TPSA) is 223 Å². The zero-order valence-corrected chi connectivity index (χ0v) is 37.0. The van der Waals surface area contributed by atoms with E-state index in [-0.39, 0.29) is 55.3 Å². The molecule has 0 aliphatic carbocycles. The smallest absolute Gasteiger partial charge is 0.419 e. The lowest BCUT2D eigenvalue weighted by molar-refractivity contribution is -0.149. The number of anilines is 3. The zero-order chi connectivity index (χ0) is 46.1. The fourth-order valence-corrected chi connectivity index (χ4v) is 7.80.